The summed E-state index contributed by atoms with van der Waals surface area (Å²) in [7, 11) is -3.76. The zero-order valence-electron chi connectivity index (χ0n) is 11.0. The molecule has 1 saturated carbocycles. The number of sulfonamides is 1. The fourth-order valence-electron chi connectivity index (χ4n) is 2.38. The van der Waals surface area contributed by atoms with Gasteiger partial charge in [0.2, 0.25) is 0 Å². The monoisotopic (exact) mass is 338 g/mol. The molecule has 0 aliphatic heterocycles. The van der Waals surface area contributed by atoms with Crippen LogP contribution in [0.3, 0.4) is 0 Å². The summed E-state index contributed by atoms with van der Waals surface area (Å²) in [4.78, 5) is 10.0. The van der Waals surface area contributed by atoms with Crippen LogP contribution >= 0.6 is 22.9 Å². The molecule has 1 aliphatic rings. The van der Waals surface area contributed by atoms with Crippen LogP contribution in [0, 0.1) is 22.0 Å². The first-order valence-electron chi connectivity index (χ1n) is 6.18. The lowest BCUT2D eigenvalue weighted by molar-refractivity contribution is -0.384. The van der Waals surface area contributed by atoms with Gasteiger partial charge in [-0.05, 0) is 24.7 Å². The molecular formula is C11H15ClN2O4S2. The number of rotatable bonds is 4. The van der Waals surface area contributed by atoms with Crippen molar-refractivity contribution in [3.8, 4) is 0 Å². The van der Waals surface area contributed by atoms with Crippen molar-refractivity contribution in [1.29, 1.82) is 0 Å². The molecule has 20 heavy (non-hydrogen) atoms. The van der Waals surface area contributed by atoms with Crippen LogP contribution in [-0.4, -0.2) is 19.4 Å². The summed E-state index contributed by atoms with van der Waals surface area (Å²) in [5.41, 5.74) is -0.370. The molecule has 1 N–H and O–H groups in total. The first-order chi connectivity index (χ1) is 9.22. The molecule has 1 aromatic heterocycles. The van der Waals surface area contributed by atoms with E-state index in [0.29, 0.717) is 17.3 Å². The molecule has 1 heterocycles. The number of nitrogens with zero attached hydrogens (tertiary/aromatic N) is 1. The van der Waals surface area contributed by atoms with Crippen molar-refractivity contribution in [2.45, 2.75) is 36.9 Å². The average molecular weight is 339 g/mol. The van der Waals surface area contributed by atoms with Crippen LogP contribution in [0.2, 0.25) is 4.34 Å². The second kappa shape index (κ2) is 5.59. The summed E-state index contributed by atoms with van der Waals surface area (Å²) in [5.74, 6) is 0.708. The van der Waals surface area contributed by atoms with Crippen LogP contribution < -0.4 is 4.72 Å². The van der Waals surface area contributed by atoms with Gasteiger partial charge < -0.3 is 0 Å². The molecule has 2 rings (SSSR count). The van der Waals surface area contributed by atoms with E-state index in [1.807, 2.05) is 6.92 Å². The van der Waals surface area contributed by atoms with Crippen molar-refractivity contribution in [1.82, 2.24) is 4.72 Å². The lowest BCUT2D eigenvalue weighted by Crippen LogP contribution is -2.36. The van der Waals surface area contributed by atoms with E-state index in [0.717, 1.165) is 18.9 Å². The van der Waals surface area contributed by atoms with Gasteiger partial charge in [0, 0.05) is 12.1 Å². The Bertz CT molecular complexity index is 628. The summed E-state index contributed by atoms with van der Waals surface area (Å²) in [5, 5.41) is 10.7. The van der Waals surface area contributed by atoms with E-state index >= 15 is 0 Å². The van der Waals surface area contributed by atoms with Gasteiger partial charge >= 0.3 is 0 Å². The van der Waals surface area contributed by atoms with E-state index in [1.165, 1.54) is 0 Å². The van der Waals surface area contributed by atoms with Crippen molar-refractivity contribution in [2.75, 3.05) is 0 Å². The van der Waals surface area contributed by atoms with Crippen LogP contribution in [0.1, 0.15) is 26.7 Å². The lowest BCUT2D eigenvalue weighted by atomic mass is 9.98. The Labute approximate surface area is 126 Å². The van der Waals surface area contributed by atoms with Gasteiger partial charge in [-0.1, -0.05) is 25.4 Å². The lowest BCUT2D eigenvalue weighted by Gasteiger charge is -2.18. The molecule has 0 aromatic carbocycles. The molecule has 0 spiro atoms. The molecule has 112 valence electrons. The highest BCUT2D eigenvalue weighted by Crippen LogP contribution is 2.37. The Kier molecular flexibility index (Phi) is 4.38. The smallest absolute Gasteiger partial charge is 0.258 e. The molecule has 0 saturated heterocycles. The van der Waals surface area contributed by atoms with Crippen LogP contribution in [0.25, 0.3) is 0 Å². The molecule has 1 aliphatic carbocycles. The fourth-order valence-corrected chi connectivity index (χ4v) is 5.43. The maximum absolute atomic E-state index is 12.2. The molecule has 0 radical (unpaired) electrons. The number of halogens is 1. The molecule has 9 heteroatoms. The third-order valence-corrected chi connectivity index (χ3v) is 7.18. The zero-order chi connectivity index (χ0) is 15.1. The van der Waals surface area contributed by atoms with E-state index in [1.54, 1.807) is 0 Å². The number of thiophene rings is 1. The first kappa shape index (κ1) is 15.7. The van der Waals surface area contributed by atoms with Crippen molar-refractivity contribution in [2.24, 2.45) is 11.8 Å². The summed E-state index contributed by atoms with van der Waals surface area (Å²) in [6, 6.07) is 0.883. The second-order valence-electron chi connectivity index (χ2n) is 5.12. The predicted molar refractivity (Wildman–Crippen MR) is 77.7 cm³/mol. The minimum atomic E-state index is -3.76. The maximum atomic E-state index is 12.2. The van der Waals surface area contributed by atoms with Crippen LogP contribution in [0.15, 0.2) is 10.3 Å². The molecule has 1 fully saturated rings. The number of hydrogen-bond donors (Lipinski definition) is 1. The largest absolute Gasteiger partial charge is 0.300 e. The maximum Gasteiger partial charge on any atom is 0.300 e. The van der Waals surface area contributed by atoms with Crippen molar-refractivity contribution in [3.05, 3.63) is 20.5 Å². The SMILES string of the molecule is CC1CCC(NS(=O)(=O)c2cc([N+](=O)[O-])c(Cl)s2)C1C. The van der Waals surface area contributed by atoms with E-state index in [4.69, 9.17) is 11.6 Å². The Balaban J connectivity index is 2.23. The summed E-state index contributed by atoms with van der Waals surface area (Å²) >= 11 is 6.41. The van der Waals surface area contributed by atoms with Gasteiger partial charge in [-0.25, -0.2) is 13.1 Å². The zero-order valence-corrected chi connectivity index (χ0v) is 13.4. The molecule has 1 aromatic rings. The minimum absolute atomic E-state index is 0.110. The molecular weight excluding hydrogens is 324 g/mol. The van der Waals surface area contributed by atoms with Gasteiger partial charge in [0.1, 0.15) is 4.21 Å². The fraction of sp³-hybridized carbons (Fsp3) is 0.636. The van der Waals surface area contributed by atoms with E-state index in [-0.39, 0.29) is 26.2 Å². The highest BCUT2D eigenvalue weighted by Gasteiger charge is 2.34. The topological polar surface area (TPSA) is 89.3 Å². The molecule has 0 amide bonds. The van der Waals surface area contributed by atoms with E-state index in [9.17, 15) is 18.5 Å². The van der Waals surface area contributed by atoms with Crippen molar-refractivity contribution >= 4 is 38.6 Å². The molecule has 3 unspecified atom stereocenters. The van der Waals surface area contributed by atoms with E-state index in [2.05, 4.69) is 11.6 Å². The highest BCUT2D eigenvalue weighted by atomic mass is 35.5. The Morgan fingerprint density at radius 1 is 1.45 bits per heavy atom. The second-order valence-corrected chi connectivity index (χ2v) is 8.72. The Morgan fingerprint density at radius 3 is 2.55 bits per heavy atom. The van der Waals surface area contributed by atoms with Crippen molar-refractivity contribution in [3.63, 3.8) is 0 Å². The standard InChI is InChI=1S/C11H15ClN2O4S2/c1-6-3-4-8(7(6)2)13-20(17,18)10-5-9(14(15)16)11(12)19-10/h5-8,13H,3-4H2,1-2H3. The summed E-state index contributed by atoms with van der Waals surface area (Å²) in [6.07, 6.45) is 1.75. The normalized spacial score (nSPS) is 26.9. The number of nitrogens with one attached hydrogen (secondary N) is 1. The molecule has 6 nitrogen and oxygen atoms in total. The third-order valence-electron chi connectivity index (χ3n) is 3.88. The Hall–Kier alpha value is -0.700. The third kappa shape index (κ3) is 2.98. The van der Waals surface area contributed by atoms with Crippen LogP contribution in [-0.2, 0) is 10.0 Å². The highest BCUT2D eigenvalue weighted by molar-refractivity contribution is 7.91. The Morgan fingerprint density at radius 2 is 2.10 bits per heavy atom. The average Bonchev–Trinajstić information content (AvgIpc) is 2.87. The van der Waals surface area contributed by atoms with Gasteiger partial charge in [-0.3, -0.25) is 10.1 Å². The summed E-state index contributed by atoms with van der Waals surface area (Å²) in [6.45, 7) is 4.10. The van der Waals surface area contributed by atoms with Gasteiger partial charge in [0.15, 0.2) is 4.34 Å². The van der Waals surface area contributed by atoms with E-state index < -0.39 is 14.9 Å². The number of nitro groups is 1. The van der Waals surface area contributed by atoms with Crippen molar-refractivity contribution < 1.29 is 13.3 Å². The quantitative estimate of drug-likeness (QED) is 0.675. The van der Waals surface area contributed by atoms with Gasteiger partial charge in [0.25, 0.3) is 15.7 Å². The van der Waals surface area contributed by atoms with Gasteiger partial charge in [-0.2, -0.15) is 0 Å². The van der Waals surface area contributed by atoms with Crippen LogP contribution in [0.5, 0.6) is 0 Å². The minimum Gasteiger partial charge on any atom is -0.258 e. The van der Waals surface area contributed by atoms with Crippen LogP contribution in [0.4, 0.5) is 5.69 Å². The summed E-state index contributed by atoms with van der Waals surface area (Å²) < 4.78 is 26.9. The first-order valence-corrected chi connectivity index (χ1v) is 8.86. The number of hydrogen-bond acceptors (Lipinski definition) is 5. The molecule has 3 atom stereocenters. The predicted octanol–water partition coefficient (Wildman–Crippen LogP) is 3.02. The molecule has 0 bridgehead atoms. The van der Waals surface area contributed by atoms with Gasteiger partial charge in [-0.15, -0.1) is 11.3 Å². The van der Waals surface area contributed by atoms with Gasteiger partial charge in [0.05, 0.1) is 4.92 Å².